The molecule has 1 N–H and O–H groups in total. The first-order valence-corrected chi connectivity index (χ1v) is 5.26. The minimum atomic E-state index is -0.455. The molecule has 0 aliphatic rings. The Morgan fingerprint density at radius 2 is 1.72 bits per heavy atom. The topological polar surface area (TPSA) is 93.8 Å². The summed E-state index contributed by atoms with van der Waals surface area (Å²) in [6.07, 6.45) is 0. The lowest BCUT2D eigenvalue weighted by molar-refractivity contribution is -0.383. The van der Waals surface area contributed by atoms with Gasteiger partial charge in [0, 0.05) is 6.07 Å². The van der Waals surface area contributed by atoms with Gasteiger partial charge in [0.1, 0.15) is 17.3 Å². The van der Waals surface area contributed by atoms with Crippen LogP contribution in [0.4, 0.5) is 17.3 Å². The second-order valence-corrected chi connectivity index (χ2v) is 3.65. The van der Waals surface area contributed by atoms with Crippen molar-refractivity contribution in [2.45, 2.75) is 13.8 Å². The molecule has 0 atom stereocenters. The molecular weight excluding hydrogens is 234 g/mol. The maximum absolute atomic E-state index is 10.9. The van der Waals surface area contributed by atoms with Crippen molar-refractivity contribution in [1.29, 1.82) is 0 Å². The van der Waals surface area contributed by atoms with Gasteiger partial charge < -0.3 is 5.32 Å². The van der Waals surface area contributed by atoms with E-state index in [1.54, 1.807) is 32.0 Å². The van der Waals surface area contributed by atoms with Gasteiger partial charge in [-0.15, -0.1) is 0 Å². The number of rotatable bonds is 3. The molecule has 92 valence electrons. The molecule has 0 fully saturated rings. The number of aromatic nitrogens is 3. The van der Waals surface area contributed by atoms with E-state index in [1.165, 1.54) is 6.07 Å². The molecule has 1 aromatic heterocycles. The molecule has 0 aliphatic carbocycles. The molecule has 1 heterocycles. The smallest absolute Gasteiger partial charge is 0.292 e. The second kappa shape index (κ2) is 4.74. The first kappa shape index (κ1) is 11.9. The number of nitro benzene ring substituents is 1. The summed E-state index contributed by atoms with van der Waals surface area (Å²) in [5.41, 5.74) is 0.334. The van der Waals surface area contributed by atoms with Gasteiger partial charge in [-0.2, -0.15) is 9.97 Å². The van der Waals surface area contributed by atoms with Crippen molar-refractivity contribution in [3.63, 3.8) is 0 Å². The van der Waals surface area contributed by atoms with E-state index in [2.05, 4.69) is 20.3 Å². The fraction of sp³-hybridized carbons (Fsp3) is 0.182. The largest absolute Gasteiger partial charge is 0.318 e. The molecule has 0 saturated carbocycles. The third-order valence-electron chi connectivity index (χ3n) is 2.21. The number of hydrogen-bond donors (Lipinski definition) is 1. The van der Waals surface area contributed by atoms with Gasteiger partial charge in [0.15, 0.2) is 0 Å². The van der Waals surface area contributed by atoms with Gasteiger partial charge in [-0.3, -0.25) is 10.1 Å². The molecule has 18 heavy (non-hydrogen) atoms. The van der Waals surface area contributed by atoms with Gasteiger partial charge in [0.2, 0.25) is 5.95 Å². The number of para-hydroxylation sites is 2. The fourth-order valence-electron chi connectivity index (χ4n) is 1.53. The molecule has 2 rings (SSSR count). The summed E-state index contributed by atoms with van der Waals surface area (Å²) in [6, 6.07) is 6.33. The number of nitro groups is 1. The Hall–Kier alpha value is -2.57. The highest BCUT2D eigenvalue weighted by Gasteiger charge is 2.13. The van der Waals surface area contributed by atoms with Crippen molar-refractivity contribution in [2.75, 3.05) is 5.32 Å². The van der Waals surface area contributed by atoms with Crippen LogP contribution in [0.5, 0.6) is 0 Å². The Labute approximate surface area is 103 Å². The molecule has 2 aromatic rings. The highest BCUT2D eigenvalue weighted by atomic mass is 16.6. The Balaban J connectivity index is 2.37. The van der Waals surface area contributed by atoms with Gasteiger partial charge >= 0.3 is 0 Å². The predicted molar refractivity (Wildman–Crippen MR) is 65.7 cm³/mol. The minimum absolute atomic E-state index is 0.0202. The van der Waals surface area contributed by atoms with Crippen LogP contribution in [-0.4, -0.2) is 19.9 Å². The zero-order valence-corrected chi connectivity index (χ0v) is 9.91. The summed E-state index contributed by atoms with van der Waals surface area (Å²) in [7, 11) is 0. The van der Waals surface area contributed by atoms with Gasteiger partial charge in [-0.1, -0.05) is 12.1 Å². The van der Waals surface area contributed by atoms with E-state index in [0.717, 1.165) is 0 Å². The number of nitrogens with zero attached hydrogens (tertiary/aromatic N) is 4. The molecule has 7 heteroatoms. The Bertz CT molecular complexity index is 579. The summed E-state index contributed by atoms with van der Waals surface area (Å²) >= 11 is 0. The summed E-state index contributed by atoms with van der Waals surface area (Å²) in [4.78, 5) is 22.6. The number of nitrogens with one attached hydrogen (secondary N) is 1. The van der Waals surface area contributed by atoms with Crippen LogP contribution in [0.15, 0.2) is 24.3 Å². The van der Waals surface area contributed by atoms with E-state index in [4.69, 9.17) is 0 Å². The highest BCUT2D eigenvalue weighted by molar-refractivity contribution is 5.66. The van der Waals surface area contributed by atoms with Crippen LogP contribution in [0.25, 0.3) is 0 Å². The zero-order valence-electron chi connectivity index (χ0n) is 9.91. The SMILES string of the molecule is Cc1nc(C)nc(Nc2ccccc2[N+](=O)[O-])n1. The average molecular weight is 245 g/mol. The van der Waals surface area contributed by atoms with Crippen LogP contribution < -0.4 is 5.32 Å². The van der Waals surface area contributed by atoms with E-state index < -0.39 is 4.92 Å². The first-order valence-electron chi connectivity index (χ1n) is 5.26. The molecule has 0 radical (unpaired) electrons. The third kappa shape index (κ3) is 2.57. The lowest BCUT2D eigenvalue weighted by atomic mass is 10.3. The predicted octanol–water partition coefficient (Wildman–Crippen LogP) is 2.14. The number of aryl methyl sites for hydroxylation is 2. The lowest BCUT2D eigenvalue weighted by Crippen LogP contribution is -2.04. The molecule has 0 bridgehead atoms. The second-order valence-electron chi connectivity index (χ2n) is 3.65. The normalized spacial score (nSPS) is 10.1. The Morgan fingerprint density at radius 3 is 2.33 bits per heavy atom. The third-order valence-corrected chi connectivity index (χ3v) is 2.21. The maximum Gasteiger partial charge on any atom is 0.292 e. The summed E-state index contributed by atoms with van der Waals surface area (Å²) in [5, 5.41) is 13.7. The van der Waals surface area contributed by atoms with E-state index in [0.29, 0.717) is 23.3 Å². The molecule has 0 spiro atoms. The average Bonchev–Trinajstić information content (AvgIpc) is 2.27. The van der Waals surface area contributed by atoms with E-state index >= 15 is 0 Å². The highest BCUT2D eigenvalue weighted by Crippen LogP contribution is 2.25. The number of anilines is 2. The monoisotopic (exact) mass is 245 g/mol. The molecule has 0 aliphatic heterocycles. The van der Waals surface area contributed by atoms with Crippen LogP contribution in [0.3, 0.4) is 0 Å². The van der Waals surface area contributed by atoms with E-state index in [1.807, 2.05) is 0 Å². The van der Waals surface area contributed by atoms with Gasteiger partial charge in [-0.05, 0) is 19.9 Å². The van der Waals surface area contributed by atoms with Gasteiger partial charge in [-0.25, -0.2) is 4.98 Å². The van der Waals surface area contributed by atoms with Gasteiger partial charge in [0.25, 0.3) is 5.69 Å². The summed E-state index contributed by atoms with van der Waals surface area (Å²) < 4.78 is 0. The number of benzene rings is 1. The van der Waals surface area contributed by atoms with Crippen molar-refractivity contribution in [3.05, 3.63) is 46.0 Å². The van der Waals surface area contributed by atoms with Crippen molar-refractivity contribution in [3.8, 4) is 0 Å². The minimum Gasteiger partial charge on any atom is -0.318 e. The van der Waals surface area contributed by atoms with E-state index in [-0.39, 0.29) is 5.69 Å². The maximum atomic E-state index is 10.9. The van der Waals surface area contributed by atoms with Crippen LogP contribution in [-0.2, 0) is 0 Å². The summed E-state index contributed by atoms with van der Waals surface area (Å²) in [5.74, 6) is 1.42. The van der Waals surface area contributed by atoms with Crippen molar-refractivity contribution in [1.82, 2.24) is 15.0 Å². The van der Waals surface area contributed by atoms with Crippen molar-refractivity contribution in [2.24, 2.45) is 0 Å². The Kier molecular flexibility index (Phi) is 3.13. The lowest BCUT2D eigenvalue weighted by Gasteiger charge is -2.06. The first-order chi connectivity index (χ1) is 8.56. The van der Waals surface area contributed by atoms with Crippen LogP contribution >= 0.6 is 0 Å². The van der Waals surface area contributed by atoms with Crippen LogP contribution in [0.2, 0.25) is 0 Å². The quantitative estimate of drug-likeness (QED) is 0.657. The molecule has 0 saturated heterocycles. The standard InChI is InChI=1S/C11H11N5O2/c1-7-12-8(2)14-11(13-7)15-9-5-3-4-6-10(9)16(17)18/h3-6H,1-2H3,(H,12,13,14,15). The molecule has 7 nitrogen and oxygen atoms in total. The molecule has 1 aromatic carbocycles. The van der Waals surface area contributed by atoms with Crippen LogP contribution in [0.1, 0.15) is 11.6 Å². The fourth-order valence-corrected chi connectivity index (χ4v) is 1.53. The molecule has 0 amide bonds. The van der Waals surface area contributed by atoms with Gasteiger partial charge in [0.05, 0.1) is 4.92 Å². The molecule has 0 unspecified atom stereocenters. The summed E-state index contributed by atoms with van der Waals surface area (Å²) in [6.45, 7) is 3.47. The Morgan fingerprint density at radius 1 is 1.11 bits per heavy atom. The van der Waals surface area contributed by atoms with Crippen molar-refractivity contribution < 1.29 is 4.92 Å². The van der Waals surface area contributed by atoms with Crippen LogP contribution in [0, 0.1) is 24.0 Å². The molecular formula is C11H11N5O2. The number of hydrogen-bond acceptors (Lipinski definition) is 6. The van der Waals surface area contributed by atoms with Crippen molar-refractivity contribution >= 4 is 17.3 Å². The zero-order chi connectivity index (χ0) is 13.1. The van der Waals surface area contributed by atoms with E-state index in [9.17, 15) is 10.1 Å².